The summed E-state index contributed by atoms with van der Waals surface area (Å²) in [6, 6.07) is 17.3. The molecule has 0 radical (unpaired) electrons. The van der Waals surface area contributed by atoms with Crippen LogP contribution in [0.5, 0.6) is 0 Å². The van der Waals surface area contributed by atoms with E-state index in [1.54, 1.807) is 0 Å². The summed E-state index contributed by atoms with van der Waals surface area (Å²) in [6.45, 7) is 8.93. The Morgan fingerprint density at radius 2 is 1.70 bits per heavy atom. The van der Waals surface area contributed by atoms with E-state index >= 15 is 0 Å². The second-order valence-electron chi connectivity index (χ2n) is 7.63. The van der Waals surface area contributed by atoms with Gasteiger partial charge in [0.05, 0.1) is 11.2 Å². The number of benzene rings is 2. The standard InChI is InChI=1S/C24H27BrClN3.ClH/c1-3-28(4-2)20-11-13-29(14-12-20)24-16-22(17-5-7-18(25)8-6-17)27-23-15-19(26)9-10-21(23)24;/h5-10,15-16,20H,3-4,11-14H2,1-2H3;1H. The van der Waals surface area contributed by atoms with Gasteiger partial charge in [-0.25, -0.2) is 4.98 Å². The maximum absolute atomic E-state index is 6.30. The number of nitrogens with zero attached hydrogens (tertiary/aromatic N) is 3. The fraction of sp³-hybridized carbons (Fsp3) is 0.375. The van der Waals surface area contributed by atoms with Gasteiger partial charge in [-0.2, -0.15) is 0 Å². The Kier molecular flexibility index (Phi) is 8.03. The van der Waals surface area contributed by atoms with Crippen molar-refractivity contribution in [3.05, 3.63) is 58.0 Å². The van der Waals surface area contributed by atoms with Crippen molar-refractivity contribution in [2.24, 2.45) is 0 Å². The zero-order chi connectivity index (χ0) is 20.4. The SMILES string of the molecule is CCN(CC)C1CCN(c2cc(-c3ccc(Br)cc3)nc3cc(Cl)ccc23)CC1.Cl. The van der Waals surface area contributed by atoms with Crippen molar-refractivity contribution >= 4 is 56.5 Å². The van der Waals surface area contributed by atoms with Gasteiger partial charge in [-0.05, 0) is 62.3 Å². The largest absolute Gasteiger partial charge is 0.371 e. The molecule has 1 aliphatic heterocycles. The lowest BCUT2D eigenvalue weighted by Crippen LogP contribution is -2.44. The molecule has 0 unspecified atom stereocenters. The van der Waals surface area contributed by atoms with Crippen LogP contribution in [-0.2, 0) is 0 Å². The van der Waals surface area contributed by atoms with E-state index < -0.39 is 0 Å². The number of piperidine rings is 1. The van der Waals surface area contributed by atoms with Crippen molar-refractivity contribution in [3.63, 3.8) is 0 Å². The Morgan fingerprint density at radius 1 is 1.03 bits per heavy atom. The van der Waals surface area contributed by atoms with Gasteiger partial charge >= 0.3 is 0 Å². The molecule has 2 aromatic carbocycles. The van der Waals surface area contributed by atoms with E-state index in [0.29, 0.717) is 6.04 Å². The minimum atomic E-state index is 0. The second-order valence-corrected chi connectivity index (χ2v) is 8.99. The van der Waals surface area contributed by atoms with Gasteiger partial charge in [0.2, 0.25) is 0 Å². The van der Waals surface area contributed by atoms with Crippen LogP contribution in [0.1, 0.15) is 26.7 Å². The fourth-order valence-electron chi connectivity index (χ4n) is 4.43. The average molecular weight is 509 g/mol. The van der Waals surface area contributed by atoms with Crippen LogP contribution in [-0.4, -0.2) is 42.1 Å². The van der Waals surface area contributed by atoms with E-state index in [1.807, 2.05) is 12.1 Å². The van der Waals surface area contributed by atoms with Gasteiger partial charge in [0.25, 0.3) is 0 Å². The molecule has 0 N–H and O–H groups in total. The Bertz CT molecular complexity index is 982. The van der Waals surface area contributed by atoms with Crippen molar-refractivity contribution in [2.45, 2.75) is 32.7 Å². The molecule has 30 heavy (non-hydrogen) atoms. The minimum absolute atomic E-state index is 0. The van der Waals surface area contributed by atoms with Crippen molar-refractivity contribution in [2.75, 3.05) is 31.1 Å². The topological polar surface area (TPSA) is 19.4 Å². The maximum Gasteiger partial charge on any atom is 0.0745 e. The highest BCUT2D eigenvalue weighted by molar-refractivity contribution is 9.10. The number of fused-ring (bicyclic) bond motifs is 1. The molecule has 3 nitrogen and oxygen atoms in total. The summed E-state index contributed by atoms with van der Waals surface area (Å²) >= 11 is 9.82. The van der Waals surface area contributed by atoms with Gasteiger partial charge < -0.3 is 9.80 Å². The first kappa shape index (κ1) is 23.3. The van der Waals surface area contributed by atoms with Crippen molar-refractivity contribution in [1.82, 2.24) is 9.88 Å². The van der Waals surface area contributed by atoms with E-state index in [1.165, 1.54) is 23.9 Å². The summed E-state index contributed by atoms with van der Waals surface area (Å²) in [7, 11) is 0. The lowest BCUT2D eigenvalue weighted by molar-refractivity contribution is 0.186. The Hall–Kier alpha value is -1.33. The molecule has 0 atom stereocenters. The molecule has 0 bridgehead atoms. The molecular weight excluding hydrogens is 481 g/mol. The van der Waals surface area contributed by atoms with Gasteiger partial charge in [0.15, 0.2) is 0 Å². The zero-order valence-electron chi connectivity index (χ0n) is 17.4. The molecule has 0 spiro atoms. The number of rotatable bonds is 5. The number of halogens is 3. The monoisotopic (exact) mass is 507 g/mol. The summed E-state index contributed by atoms with van der Waals surface area (Å²) < 4.78 is 1.07. The van der Waals surface area contributed by atoms with Crippen LogP contribution < -0.4 is 4.90 Å². The highest BCUT2D eigenvalue weighted by Crippen LogP contribution is 2.34. The third kappa shape index (κ3) is 4.94. The highest BCUT2D eigenvalue weighted by atomic mass is 79.9. The number of hydrogen-bond donors (Lipinski definition) is 0. The van der Waals surface area contributed by atoms with Gasteiger partial charge in [-0.15, -0.1) is 12.4 Å². The van der Waals surface area contributed by atoms with Gasteiger partial charge in [0, 0.05) is 45.3 Å². The molecule has 1 saturated heterocycles. The highest BCUT2D eigenvalue weighted by Gasteiger charge is 2.24. The summed E-state index contributed by atoms with van der Waals surface area (Å²) in [5.74, 6) is 0. The van der Waals surface area contributed by atoms with E-state index in [9.17, 15) is 0 Å². The summed E-state index contributed by atoms with van der Waals surface area (Å²) in [4.78, 5) is 10.0. The summed E-state index contributed by atoms with van der Waals surface area (Å²) in [6.07, 6.45) is 2.40. The molecule has 1 fully saturated rings. The molecule has 2 heterocycles. The predicted octanol–water partition coefficient (Wildman–Crippen LogP) is 7.05. The number of hydrogen-bond acceptors (Lipinski definition) is 3. The third-order valence-electron chi connectivity index (χ3n) is 6.02. The molecule has 0 aliphatic carbocycles. The fourth-order valence-corrected chi connectivity index (χ4v) is 4.86. The lowest BCUT2D eigenvalue weighted by Gasteiger charge is -2.39. The summed E-state index contributed by atoms with van der Waals surface area (Å²) in [5, 5.41) is 1.90. The van der Waals surface area contributed by atoms with E-state index in [0.717, 1.165) is 52.4 Å². The molecule has 3 aromatic rings. The van der Waals surface area contributed by atoms with Gasteiger partial charge in [-0.1, -0.05) is 53.5 Å². The van der Waals surface area contributed by atoms with E-state index in [-0.39, 0.29) is 12.4 Å². The quantitative estimate of drug-likeness (QED) is 0.368. The maximum atomic E-state index is 6.30. The number of aromatic nitrogens is 1. The van der Waals surface area contributed by atoms with Crippen LogP contribution in [0.15, 0.2) is 53.0 Å². The van der Waals surface area contributed by atoms with Crippen LogP contribution in [0, 0.1) is 0 Å². The first-order valence-corrected chi connectivity index (χ1v) is 11.6. The zero-order valence-corrected chi connectivity index (χ0v) is 20.6. The van der Waals surface area contributed by atoms with Crippen LogP contribution in [0.3, 0.4) is 0 Å². The minimum Gasteiger partial charge on any atom is -0.371 e. The molecule has 4 rings (SSSR count). The smallest absolute Gasteiger partial charge is 0.0745 e. The van der Waals surface area contributed by atoms with Crippen LogP contribution >= 0.6 is 39.9 Å². The molecule has 6 heteroatoms. The van der Waals surface area contributed by atoms with Crippen molar-refractivity contribution < 1.29 is 0 Å². The Labute approximate surface area is 199 Å². The molecule has 1 aliphatic rings. The number of pyridine rings is 1. The molecule has 0 amide bonds. The first-order valence-electron chi connectivity index (χ1n) is 10.4. The predicted molar refractivity (Wildman–Crippen MR) is 135 cm³/mol. The van der Waals surface area contributed by atoms with E-state index in [4.69, 9.17) is 16.6 Å². The van der Waals surface area contributed by atoms with Gasteiger partial charge in [-0.3, -0.25) is 0 Å². The molecule has 160 valence electrons. The van der Waals surface area contributed by atoms with Crippen molar-refractivity contribution in [3.8, 4) is 11.3 Å². The molecule has 1 aromatic heterocycles. The first-order chi connectivity index (χ1) is 14.1. The lowest BCUT2D eigenvalue weighted by atomic mass is 10.0. The van der Waals surface area contributed by atoms with Crippen LogP contribution in [0.4, 0.5) is 5.69 Å². The average Bonchev–Trinajstić information content (AvgIpc) is 2.74. The van der Waals surface area contributed by atoms with Crippen LogP contribution in [0.2, 0.25) is 5.02 Å². The normalized spacial score (nSPS) is 14.9. The van der Waals surface area contributed by atoms with Gasteiger partial charge in [0.1, 0.15) is 0 Å². The number of anilines is 1. The Morgan fingerprint density at radius 3 is 2.33 bits per heavy atom. The van der Waals surface area contributed by atoms with E-state index in [2.05, 4.69) is 76.0 Å². The molecule has 0 saturated carbocycles. The Balaban J connectivity index is 0.00000256. The molecular formula is C24H28BrCl2N3. The summed E-state index contributed by atoms with van der Waals surface area (Å²) in [5.41, 5.74) is 4.34. The van der Waals surface area contributed by atoms with Crippen molar-refractivity contribution in [1.29, 1.82) is 0 Å². The third-order valence-corrected chi connectivity index (χ3v) is 6.79. The second kappa shape index (κ2) is 10.3. The van der Waals surface area contributed by atoms with Crippen LogP contribution in [0.25, 0.3) is 22.2 Å².